The summed E-state index contributed by atoms with van der Waals surface area (Å²) in [5.41, 5.74) is 1.36. The highest BCUT2D eigenvalue weighted by Crippen LogP contribution is 2.12. The monoisotopic (exact) mass is 270 g/mol. The van der Waals surface area contributed by atoms with Gasteiger partial charge in [0.1, 0.15) is 0 Å². The van der Waals surface area contributed by atoms with E-state index in [2.05, 4.69) is 13.0 Å². The Morgan fingerprint density at radius 3 is 1.79 bits per heavy atom. The third-order valence-electron chi connectivity index (χ3n) is 3.05. The molecule has 4 nitrogen and oxygen atoms in total. The zero-order chi connectivity index (χ0) is 14.5. The molecule has 0 saturated carbocycles. The van der Waals surface area contributed by atoms with Crippen LogP contribution in [-0.2, 0) is 9.59 Å². The minimum atomic E-state index is -0.715. The third kappa shape index (κ3) is 14.6. The molecule has 110 valence electrons. The number of aliphatic carboxylic acids is 2. The van der Waals surface area contributed by atoms with Gasteiger partial charge in [0.05, 0.1) is 0 Å². The molecule has 2 N–H and O–H groups in total. The zero-order valence-electron chi connectivity index (χ0n) is 11.9. The molecule has 19 heavy (non-hydrogen) atoms. The molecule has 0 aliphatic carbocycles. The van der Waals surface area contributed by atoms with Gasteiger partial charge in [0.2, 0.25) is 0 Å². The number of allylic oxidation sites excluding steroid dienone is 2. The Bertz CT molecular complexity index is 295. The maximum absolute atomic E-state index is 10.3. The predicted molar refractivity (Wildman–Crippen MR) is 75.2 cm³/mol. The van der Waals surface area contributed by atoms with Crippen LogP contribution in [0.1, 0.15) is 71.1 Å². The molecule has 0 amide bonds. The SMILES string of the molecule is CC(=CCCCCCC(=O)O)CCCCCC(=O)O. The van der Waals surface area contributed by atoms with E-state index in [-0.39, 0.29) is 12.8 Å². The number of rotatable bonds is 12. The number of carboxylic acids is 2. The lowest BCUT2D eigenvalue weighted by molar-refractivity contribution is -0.138. The van der Waals surface area contributed by atoms with Gasteiger partial charge in [0.15, 0.2) is 0 Å². The summed E-state index contributed by atoms with van der Waals surface area (Å²) in [5.74, 6) is -1.43. The molecule has 0 aliphatic rings. The molecule has 0 rings (SSSR count). The maximum atomic E-state index is 10.3. The van der Waals surface area contributed by atoms with Crippen molar-refractivity contribution < 1.29 is 19.8 Å². The van der Waals surface area contributed by atoms with E-state index in [0.29, 0.717) is 0 Å². The molecule has 0 aromatic rings. The van der Waals surface area contributed by atoms with E-state index in [0.717, 1.165) is 51.4 Å². The van der Waals surface area contributed by atoms with Gasteiger partial charge in [-0.05, 0) is 45.4 Å². The van der Waals surface area contributed by atoms with Crippen molar-refractivity contribution in [3.8, 4) is 0 Å². The van der Waals surface area contributed by atoms with Crippen LogP contribution >= 0.6 is 0 Å². The Morgan fingerprint density at radius 2 is 1.26 bits per heavy atom. The van der Waals surface area contributed by atoms with Gasteiger partial charge in [-0.2, -0.15) is 0 Å². The van der Waals surface area contributed by atoms with E-state index in [1.54, 1.807) is 0 Å². The van der Waals surface area contributed by atoms with Crippen LogP contribution in [0.4, 0.5) is 0 Å². The van der Waals surface area contributed by atoms with Crippen LogP contribution in [0.15, 0.2) is 11.6 Å². The summed E-state index contributed by atoms with van der Waals surface area (Å²) >= 11 is 0. The summed E-state index contributed by atoms with van der Waals surface area (Å²) in [6.45, 7) is 2.11. The molecule has 0 aromatic carbocycles. The normalized spacial score (nSPS) is 11.5. The maximum Gasteiger partial charge on any atom is 0.303 e. The molecule has 4 heteroatoms. The van der Waals surface area contributed by atoms with Crippen LogP contribution in [0.25, 0.3) is 0 Å². The minimum absolute atomic E-state index is 0.270. The smallest absolute Gasteiger partial charge is 0.303 e. The van der Waals surface area contributed by atoms with Crippen molar-refractivity contribution >= 4 is 11.9 Å². The lowest BCUT2D eigenvalue weighted by Gasteiger charge is -2.02. The van der Waals surface area contributed by atoms with Gasteiger partial charge in [-0.1, -0.05) is 24.5 Å². The molecule has 0 aliphatic heterocycles. The summed E-state index contributed by atoms with van der Waals surface area (Å²) in [6, 6.07) is 0. The molecular weight excluding hydrogens is 244 g/mol. The topological polar surface area (TPSA) is 74.6 Å². The van der Waals surface area contributed by atoms with Crippen molar-refractivity contribution in [1.82, 2.24) is 0 Å². The number of hydrogen-bond acceptors (Lipinski definition) is 2. The molecule has 0 spiro atoms. The quantitative estimate of drug-likeness (QED) is 0.415. The fourth-order valence-electron chi connectivity index (χ4n) is 1.90. The Balaban J connectivity index is 3.39. The highest BCUT2D eigenvalue weighted by atomic mass is 16.4. The predicted octanol–water partition coefficient (Wildman–Crippen LogP) is 4.00. The van der Waals surface area contributed by atoms with Crippen molar-refractivity contribution in [3.05, 3.63) is 11.6 Å². The molecule has 0 unspecified atom stereocenters. The summed E-state index contributed by atoms with van der Waals surface area (Å²) in [4.78, 5) is 20.6. The minimum Gasteiger partial charge on any atom is -0.481 e. The fourth-order valence-corrected chi connectivity index (χ4v) is 1.90. The number of hydrogen-bond donors (Lipinski definition) is 2. The first-order chi connectivity index (χ1) is 9.02. The Labute approximate surface area is 115 Å². The third-order valence-corrected chi connectivity index (χ3v) is 3.05. The van der Waals surface area contributed by atoms with Crippen LogP contribution in [0.3, 0.4) is 0 Å². The highest BCUT2D eigenvalue weighted by Gasteiger charge is 1.98. The molecular formula is C15H26O4. The standard InChI is InChI=1S/C15H26O4/c1-13(10-6-4-8-12-15(18)19)9-5-2-3-7-11-14(16)17/h9H,2-8,10-12H2,1H3,(H,16,17)(H,18,19). The van der Waals surface area contributed by atoms with Gasteiger partial charge in [-0.15, -0.1) is 0 Å². The van der Waals surface area contributed by atoms with E-state index in [1.165, 1.54) is 5.57 Å². The van der Waals surface area contributed by atoms with Crippen molar-refractivity contribution in [2.75, 3.05) is 0 Å². The van der Waals surface area contributed by atoms with E-state index >= 15 is 0 Å². The van der Waals surface area contributed by atoms with Crippen molar-refractivity contribution in [2.45, 2.75) is 71.1 Å². The van der Waals surface area contributed by atoms with Gasteiger partial charge in [0, 0.05) is 12.8 Å². The van der Waals surface area contributed by atoms with Crippen LogP contribution in [0.2, 0.25) is 0 Å². The second-order valence-corrected chi connectivity index (χ2v) is 5.00. The first-order valence-corrected chi connectivity index (χ1v) is 7.11. The van der Waals surface area contributed by atoms with E-state index < -0.39 is 11.9 Å². The molecule has 0 atom stereocenters. The van der Waals surface area contributed by atoms with Crippen molar-refractivity contribution in [1.29, 1.82) is 0 Å². The number of carboxylic acid groups (broad SMARTS) is 2. The number of carbonyl (C=O) groups is 2. The van der Waals surface area contributed by atoms with Gasteiger partial charge in [-0.25, -0.2) is 0 Å². The van der Waals surface area contributed by atoms with Crippen LogP contribution < -0.4 is 0 Å². The first kappa shape index (κ1) is 17.7. The van der Waals surface area contributed by atoms with Gasteiger partial charge in [0.25, 0.3) is 0 Å². The summed E-state index contributed by atoms with van der Waals surface area (Å²) < 4.78 is 0. The largest absolute Gasteiger partial charge is 0.481 e. The number of unbranched alkanes of at least 4 members (excludes halogenated alkanes) is 5. The van der Waals surface area contributed by atoms with Crippen LogP contribution in [0.5, 0.6) is 0 Å². The average Bonchev–Trinajstić information content (AvgIpc) is 2.32. The Kier molecular flexibility index (Phi) is 10.9. The zero-order valence-corrected chi connectivity index (χ0v) is 11.9. The molecule has 0 radical (unpaired) electrons. The van der Waals surface area contributed by atoms with E-state index in [9.17, 15) is 9.59 Å². The Hall–Kier alpha value is -1.32. The molecule has 0 fully saturated rings. The summed E-state index contributed by atoms with van der Waals surface area (Å²) in [7, 11) is 0. The second-order valence-electron chi connectivity index (χ2n) is 5.00. The fraction of sp³-hybridized carbons (Fsp3) is 0.733. The average molecular weight is 270 g/mol. The molecule has 0 bridgehead atoms. The summed E-state index contributed by atoms with van der Waals surface area (Å²) in [6.07, 6.45) is 10.4. The molecule has 0 saturated heterocycles. The van der Waals surface area contributed by atoms with Gasteiger partial charge in [-0.3, -0.25) is 9.59 Å². The van der Waals surface area contributed by atoms with Gasteiger partial charge < -0.3 is 10.2 Å². The first-order valence-electron chi connectivity index (χ1n) is 7.11. The van der Waals surface area contributed by atoms with Crippen molar-refractivity contribution in [2.24, 2.45) is 0 Å². The highest BCUT2D eigenvalue weighted by molar-refractivity contribution is 5.66. The summed E-state index contributed by atoms with van der Waals surface area (Å²) in [5, 5.41) is 17.0. The van der Waals surface area contributed by atoms with Crippen LogP contribution in [-0.4, -0.2) is 22.2 Å². The Morgan fingerprint density at radius 1 is 0.789 bits per heavy atom. The van der Waals surface area contributed by atoms with E-state index in [1.807, 2.05) is 0 Å². The van der Waals surface area contributed by atoms with Gasteiger partial charge >= 0.3 is 11.9 Å². The van der Waals surface area contributed by atoms with Crippen LogP contribution in [0, 0.1) is 0 Å². The van der Waals surface area contributed by atoms with E-state index in [4.69, 9.17) is 10.2 Å². The lowest BCUT2D eigenvalue weighted by atomic mass is 10.1. The lowest BCUT2D eigenvalue weighted by Crippen LogP contribution is -1.93. The molecule has 0 heterocycles. The molecule has 0 aromatic heterocycles. The second kappa shape index (κ2) is 11.8. The van der Waals surface area contributed by atoms with Crippen molar-refractivity contribution in [3.63, 3.8) is 0 Å².